The van der Waals surface area contributed by atoms with E-state index in [9.17, 15) is 9.59 Å². The van der Waals surface area contributed by atoms with Crippen LogP contribution in [0.15, 0.2) is 18.2 Å². The monoisotopic (exact) mass is 254 g/mol. The summed E-state index contributed by atoms with van der Waals surface area (Å²) < 4.78 is 5.13. The average molecular weight is 255 g/mol. The second-order valence-corrected chi connectivity index (χ2v) is 3.98. The molecule has 17 heavy (non-hydrogen) atoms. The van der Waals surface area contributed by atoms with Gasteiger partial charge in [-0.2, -0.15) is 0 Å². The molecule has 1 aromatic rings. The third-order valence-electron chi connectivity index (χ3n) is 2.43. The molecule has 0 spiro atoms. The Labute approximate surface area is 103 Å². The van der Waals surface area contributed by atoms with E-state index in [0.717, 1.165) is 4.90 Å². The molecular formula is C11H11ClN2O3. The van der Waals surface area contributed by atoms with Gasteiger partial charge in [-0.15, -0.1) is 0 Å². The van der Waals surface area contributed by atoms with Crippen molar-refractivity contribution in [2.45, 2.75) is 0 Å². The van der Waals surface area contributed by atoms with Gasteiger partial charge in [-0.05, 0) is 18.2 Å². The first kappa shape index (κ1) is 11.9. The maximum atomic E-state index is 11.7. The van der Waals surface area contributed by atoms with Gasteiger partial charge in [-0.3, -0.25) is 14.9 Å². The highest BCUT2D eigenvalue weighted by Gasteiger charge is 2.29. The Hall–Kier alpha value is -1.59. The van der Waals surface area contributed by atoms with Crippen LogP contribution in [0, 0.1) is 0 Å². The fourth-order valence-corrected chi connectivity index (χ4v) is 1.85. The topological polar surface area (TPSA) is 58.6 Å². The molecule has 1 aromatic carbocycles. The van der Waals surface area contributed by atoms with Crippen molar-refractivity contribution in [1.29, 1.82) is 0 Å². The number of piperazine rings is 1. The van der Waals surface area contributed by atoms with Crippen LogP contribution in [0.5, 0.6) is 5.75 Å². The number of carbonyl (C=O) groups is 2. The summed E-state index contributed by atoms with van der Waals surface area (Å²) in [6, 6.07) is 4.81. The number of ether oxygens (including phenoxy) is 1. The normalized spacial score (nSPS) is 16.2. The number of halogens is 1. The van der Waals surface area contributed by atoms with E-state index < -0.39 is 0 Å². The molecule has 0 unspecified atom stereocenters. The summed E-state index contributed by atoms with van der Waals surface area (Å²) in [5, 5.41) is 3.17. The number of anilines is 1. The van der Waals surface area contributed by atoms with Crippen LogP contribution in [0.4, 0.5) is 5.69 Å². The third kappa shape index (κ3) is 2.25. The molecule has 1 heterocycles. The van der Waals surface area contributed by atoms with Crippen LogP contribution in [-0.2, 0) is 9.59 Å². The fourth-order valence-electron chi connectivity index (χ4n) is 1.68. The minimum atomic E-state index is -0.318. The molecule has 1 N–H and O–H groups in total. The molecule has 0 radical (unpaired) electrons. The van der Waals surface area contributed by atoms with Crippen molar-refractivity contribution in [3.8, 4) is 5.75 Å². The first-order valence-electron chi connectivity index (χ1n) is 5.03. The number of benzene rings is 1. The Morgan fingerprint density at radius 3 is 2.53 bits per heavy atom. The number of amides is 2. The number of methoxy groups -OCH3 is 1. The number of nitrogens with one attached hydrogen (secondary N) is 1. The number of hydrogen-bond donors (Lipinski definition) is 1. The number of nitrogens with zero attached hydrogens (tertiary/aromatic N) is 1. The highest BCUT2D eigenvalue weighted by atomic mass is 35.5. The van der Waals surface area contributed by atoms with Gasteiger partial charge in [0.2, 0.25) is 11.8 Å². The second-order valence-electron chi connectivity index (χ2n) is 3.54. The van der Waals surface area contributed by atoms with Gasteiger partial charge >= 0.3 is 0 Å². The van der Waals surface area contributed by atoms with E-state index in [1.807, 2.05) is 0 Å². The Morgan fingerprint density at radius 1 is 1.29 bits per heavy atom. The molecule has 90 valence electrons. The van der Waals surface area contributed by atoms with Gasteiger partial charge in [0, 0.05) is 5.02 Å². The minimum absolute atomic E-state index is 0.126. The molecule has 5 nitrogen and oxygen atoms in total. The van der Waals surface area contributed by atoms with Crippen molar-refractivity contribution in [3.05, 3.63) is 23.2 Å². The molecule has 0 aliphatic carbocycles. The highest BCUT2D eigenvalue weighted by molar-refractivity contribution is 6.31. The molecule has 2 rings (SSSR count). The summed E-state index contributed by atoms with van der Waals surface area (Å²) in [6.07, 6.45) is 0. The third-order valence-corrected chi connectivity index (χ3v) is 2.67. The Bertz CT molecular complexity index is 460. The van der Waals surface area contributed by atoms with E-state index in [-0.39, 0.29) is 24.9 Å². The molecule has 6 heteroatoms. The molecule has 2 amide bonds. The van der Waals surface area contributed by atoms with Gasteiger partial charge in [0.05, 0.1) is 25.9 Å². The van der Waals surface area contributed by atoms with Crippen LogP contribution >= 0.6 is 11.6 Å². The molecule has 1 aliphatic heterocycles. The average Bonchev–Trinajstić information content (AvgIpc) is 2.29. The Kier molecular flexibility index (Phi) is 3.31. The molecule has 0 aromatic heterocycles. The lowest BCUT2D eigenvalue weighted by Gasteiger charge is -2.26. The largest absolute Gasteiger partial charge is 0.495 e. The predicted octanol–water partition coefficient (Wildman–Crippen LogP) is 0.811. The number of hydrogen-bond acceptors (Lipinski definition) is 4. The standard InChI is InChI=1S/C11H11ClN2O3/c1-17-9-3-2-7(12)4-8(9)14-10(15)5-13-6-11(14)16/h2-4,13H,5-6H2,1H3. The smallest absolute Gasteiger partial charge is 0.247 e. The fraction of sp³-hybridized carbons (Fsp3) is 0.273. The van der Waals surface area contributed by atoms with Crippen LogP contribution in [0.25, 0.3) is 0 Å². The van der Waals surface area contributed by atoms with E-state index in [4.69, 9.17) is 16.3 Å². The van der Waals surface area contributed by atoms with Gasteiger partial charge in [-0.25, -0.2) is 4.90 Å². The zero-order valence-corrected chi connectivity index (χ0v) is 9.95. The van der Waals surface area contributed by atoms with E-state index in [1.165, 1.54) is 7.11 Å². The van der Waals surface area contributed by atoms with Gasteiger partial charge in [0.1, 0.15) is 5.75 Å². The predicted molar refractivity (Wildman–Crippen MR) is 63.4 cm³/mol. The van der Waals surface area contributed by atoms with Crippen molar-refractivity contribution >= 4 is 29.1 Å². The van der Waals surface area contributed by atoms with Gasteiger partial charge in [0.15, 0.2) is 0 Å². The zero-order chi connectivity index (χ0) is 12.4. The van der Waals surface area contributed by atoms with Crippen LogP contribution in [-0.4, -0.2) is 32.0 Å². The van der Waals surface area contributed by atoms with Crippen LogP contribution < -0.4 is 15.0 Å². The van der Waals surface area contributed by atoms with Gasteiger partial charge in [-0.1, -0.05) is 11.6 Å². The Morgan fingerprint density at radius 2 is 1.94 bits per heavy atom. The first-order valence-corrected chi connectivity index (χ1v) is 5.41. The maximum absolute atomic E-state index is 11.7. The summed E-state index contributed by atoms with van der Waals surface area (Å²) in [7, 11) is 1.48. The van der Waals surface area contributed by atoms with E-state index >= 15 is 0 Å². The summed E-state index contributed by atoms with van der Waals surface area (Å²) in [4.78, 5) is 24.6. The molecule has 0 saturated carbocycles. The lowest BCUT2D eigenvalue weighted by molar-refractivity contribution is -0.127. The van der Waals surface area contributed by atoms with Crippen LogP contribution in [0.2, 0.25) is 5.02 Å². The second kappa shape index (κ2) is 4.73. The maximum Gasteiger partial charge on any atom is 0.247 e. The SMILES string of the molecule is COc1ccc(Cl)cc1N1C(=O)CNCC1=O. The van der Waals surface area contributed by atoms with Crippen LogP contribution in [0.1, 0.15) is 0 Å². The van der Waals surface area contributed by atoms with Crippen molar-refractivity contribution in [3.63, 3.8) is 0 Å². The number of rotatable bonds is 2. The zero-order valence-electron chi connectivity index (χ0n) is 9.20. The van der Waals surface area contributed by atoms with Crippen molar-refractivity contribution < 1.29 is 14.3 Å². The van der Waals surface area contributed by atoms with Crippen LogP contribution in [0.3, 0.4) is 0 Å². The van der Waals surface area contributed by atoms with Gasteiger partial charge in [0.25, 0.3) is 0 Å². The quantitative estimate of drug-likeness (QED) is 0.794. The summed E-state index contributed by atoms with van der Waals surface area (Å²) in [5.41, 5.74) is 0.386. The first-order chi connectivity index (χ1) is 8.13. The Balaban J connectivity index is 2.47. The molecule has 0 bridgehead atoms. The highest BCUT2D eigenvalue weighted by Crippen LogP contribution is 2.31. The number of carbonyl (C=O) groups excluding carboxylic acids is 2. The lowest BCUT2D eigenvalue weighted by atomic mass is 10.2. The molecule has 1 saturated heterocycles. The molecule has 0 atom stereocenters. The van der Waals surface area contributed by atoms with Gasteiger partial charge < -0.3 is 4.74 Å². The minimum Gasteiger partial charge on any atom is -0.495 e. The summed E-state index contributed by atoms with van der Waals surface area (Å²) >= 11 is 5.87. The van der Waals surface area contributed by atoms with E-state index in [1.54, 1.807) is 18.2 Å². The lowest BCUT2D eigenvalue weighted by Crippen LogP contribution is -2.52. The summed E-state index contributed by atoms with van der Waals surface area (Å²) in [6.45, 7) is 0.253. The van der Waals surface area contributed by atoms with Crippen molar-refractivity contribution in [2.24, 2.45) is 0 Å². The summed E-state index contributed by atoms with van der Waals surface area (Å²) in [5.74, 6) is -0.193. The van der Waals surface area contributed by atoms with Crippen molar-refractivity contribution in [2.75, 3.05) is 25.1 Å². The van der Waals surface area contributed by atoms with E-state index in [0.29, 0.717) is 16.5 Å². The van der Waals surface area contributed by atoms with Crippen molar-refractivity contribution in [1.82, 2.24) is 5.32 Å². The molecular weight excluding hydrogens is 244 g/mol. The van der Waals surface area contributed by atoms with E-state index in [2.05, 4.69) is 5.32 Å². The number of imide groups is 1. The molecule has 1 fully saturated rings. The molecule has 1 aliphatic rings.